The molecule has 0 bridgehead atoms. The molecule has 0 fully saturated rings. The third-order valence-electron chi connectivity index (χ3n) is 4.93. The fourth-order valence-corrected chi connectivity index (χ4v) is 4.48. The van der Waals surface area contributed by atoms with Gasteiger partial charge >= 0.3 is 6.18 Å². The Hall–Kier alpha value is -3.28. The van der Waals surface area contributed by atoms with Gasteiger partial charge in [0.15, 0.2) is 17.1 Å². The zero-order chi connectivity index (χ0) is 24.9. The van der Waals surface area contributed by atoms with Crippen LogP contribution in [0, 0.1) is 37.2 Å². The lowest BCUT2D eigenvalue weighted by Crippen LogP contribution is -2.17. The van der Waals surface area contributed by atoms with Crippen molar-refractivity contribution < 1.29 is 30.9 Å². The molecule has 1 atom stereocenters. The Kier molecular flexibility index (Phi) is 6.09. The summed E-state index contributed by atoms with van der Waals surface area (Å²) in [6.45, 7) is 3.71. The van der Waals surface area contributed by atoms with Crippen molar-refractivity contribution in [3.63, 3.8) is 0 Å². The number of rotatable bonds is 4. The highest BCUT2D eigenvalue weighted by molar-refractivity contribution is 7.91. The molecule has 6 nitrogen and oxygen atoms in total. The Bertz CT molecular complexity index is 1430. The van der Waals surface area contributed by atoms with Gasteiger partial charge in [-0.3, -0.25) is 4.79 Å². The van der Waals surface area contributed by atoms with E-state index in [-0.39, 0.29) is 38.7 Å². The summed E-state index contributed by atoms with van der Waals surface area (Å²) in [7, 11) is -3.43. The molecule has 2 N–H and O–H groups in total. The van der Waals surface area contributed by atoms with E-state index in [9.17, 15) is 31.0 Å². The molecule has 0 aliphatic rings. The minimum atomic E-state index is -4.78. The van der Waals surface area contributed by atoms with Crippen molar-refractivity contribution >= 4 is 9.73 Å². The van der Waals surface area contributed by atoms with Crippen molar-refractivity contribution in [2.45, 2.75) is 31.8 Å². The van der Waals surface area contributed by atoms with Gasteiger partial charge in [-0.05, 0) is 38.5 Å². The van der Waals surface area contributed by atoms with Crippen molar-refractivity contribution in [3.8, 4) is 22.9 Å². The van der Waals surface area contributed by atoms with Gasteiger partial charge in [-0.2, -0.15) is 13.2 Å². The van der Waals surface area contributed by atoms with E-state index < -0.39 is 44.4 Å². The average molecular weight is 487 g/mol. The summed E-state index contributed by atoms with van der Waals surface area (Å²) in [6, 6.07) is 2.78. The molecular weight excluding hydrogens is 469 g/mol. The Morgan fingerprint density at radius 3 is 2.30 bits per heavy atom. The average Bonchev–Trinajstić information content (AvgIpc) is 2.65. The topological polar surface area (TPSA) is 95.9 Å². The Morgan fingerprint density at radius 2 is 1.76 bits per heavy atom. The maximum absolute atomic E-state index is 14.0. The first-order valence-corrected chi connectivity index (χ1v) is 11.3. The summed E-state index contributed by atoms with van der Waals surface area (Å²) in [5, 5.41) is 0. The number of benzene rings is 1. The number of hydrogen-bond acceptors (Lipinski definition) is 5. The summed E-state index contributed by atoms with van der Waals surface area (Å²) >= 11 is 0. The largest absolute Gasteiger partial charge is 0.438 e. The lowest BCUT2D eigenvalue weighted by atomic mass is 10.0. The third kappa shape index (κ3) is 4.61. The summed E-state index contributed by atoms with van der Waals surface area (Å²) in [6.07, 6.45) is -3.20. The number of aromatic amines is 1. The van der Waals surface area contributed by atoms with Crippen LogP contribution in [0.4, 0.5) is 22.0 Å². The van der Waals surface area contributed by atoms with Gasteiger partial charge in [-0.1, -0.05) is 0 Å². The lowest BCUT2D eigenvalue weighted by Gasteiger charge is -2.19. The zero-order valence-electron chi connectivity index (χ0n) is 17.8. The molecule has 1 unspecified atom stereocenters. The molecule has 33 heavy (non-hydrogen) atoms. The first-order valence-electron chi connectivity index (χ1n) is 9.30. The molecule has 176 valence electrons. The Balaban J connectivity index is 2.32. The molecule has 0 saturated heterocycles. The molecule has 2 aromatic heterocycles. The van der Waals surface area contributed by atoms with Crippen LogP contribution in [-0.4, -0.2) is 20.4 Å². The highest BCUT2D eigenvalue weighted by Crippen LogP contribution is 2.41. The SMILES string of the molecule is Cc1[nH]c(-c2c(Oc3ccc(F)c(F)c3C)ncc(C(F)(F)F)c2C)cc(=O)c1S(C)(=N)=O. The number of hydrogen-bond donors (Lipinski definition) is 2. The number of ether oxygens (including phenoxy) is 1. The first-order chi connectivity index (χ1) is 15.1. The van der Waals surface area contributed by atoms with Crippen molar-refractivity contribution in [1.82, 2.24) is 9.97 Å². The minimum absolute atomic E-state index is 0.0202. The van der Waals surface area contributed by atoms with Gasteiger partial charge in [0.2, 0.25) is 5.88 Å². The van der Waals surface area contributed by atoms with E-state index in [1.807, 2.05) is 0 Å². The van der Waals surface area contributed by atoms with E-state index in [0.29, 0.717) is 6.20 Å². The van der Waals surface area contributed by atoms with Gasteiger partial charge in [0.1, 0.15) is 10.6 Å². The van der Waals surface area contributed by atoms with Crippen molar-refractivity contribution in [3.05, 3.63) is 68.6 Å². The summed E-state index contributed by atoms with van der Waals surface area (Å²) < 4.78 is 93.4. The predicted molar refractivity (Wildman–Crippen MR) is 111 cm³/mol. The number of halogens is 5. The van der Waals surface area contributed by atoms with Gasteiger partial charge in [-0.15, -0.1) is 0 Å². The van der Waals surface area contributed by atoms with Crippen LogP contribution in [0.1, 0.15) is 22.4 Å². The van der Waals surface area contributed by atoms with E-state index in [2.05, 4.69) is 9.97 Å². The van der Waals surface area contributed by atoms with Crippen LogP contribution in [-0.2, 0) is 15.9 Å². The van der Waals surface area contributed by atoms with Crippen LogP contribution >= 0.6 is 0 Å². The molecule has 1 aromatic carbocycles. The summed E-state index contributed by atoms with van der Waals surface area (Å²) in [5.74, 6) is -2.93. The predicted octanol–water partition coefficient (Wildman–Crippen LogP) is 5.49. The second-order valence-electron chi connectivity index (χ2n) is 7.41. The smallest absolute Gasteiger partial charge is 0.418 e. The molecule has 0 aliphatic heterocycles. The van der Waals surface area contributed by atoms with Gasteiger partial charge in [0, 0.05) is 29.8 Å². The number of aryl methyl sites for hydroxylation is 1. The van der Waals surface area contributed by atoms with Crippen molar-refractivity contribution in [2.75, 3.05) is 6.26 Å². The van der Waals surface area contributed by atoms with Crippen LogP contribution in [0.25, 0.3) is 11.3 Å². The number of pyridine rings is 2. The molecular formula is C21H18F5N3O3S. The maximum atomic E-state index is 14.0. The van der Waals surface area contributed by atoms with E-state index >= 15 is 0 Å². The summed E-state index contributed by atoms with van der Waals surface area (Å²) in [4.78, 5) is 18.7. The van der Waals surface area contributed by atoms with Crippen LogP contribution < -0.4 is 10.2 Å². The van der Waals surface area contributed by atoms with Gasteiger partial charge in [0.25, 0.3) is 0 Å². The number of H-pyrrole nitrogens is 1. The standard InChI is InChI=1S/C21H18F5N3O3S/c1-9-12(21(24,25)26)8-28-20(32-16-6-5-13(22)18(23)10(16)2)17(9)14-7-15(30)19(11(3)29-14)33(4,27)31/h5-8,27H,1-4H3,(H,29,30). The van der Waals surface area contributed by atoms with E-state index in [0.717, 1.165) is 31.4 Å². The second kappa shape index (κ2) is 8.25. The second-order valence-corrected chi connectivity index (χ2v) is 9.50. The summed E-state index contributed by atoms with van der Waals surface area (Å²) in [5.41, 5.74) is -2.89. The fourth-order valence-electron chi connectivity index (χ4n) is 3.40. The highest BCUT2D eigenvalue weighted by Gasteiger charge is 2.35. The molecule has 0 aliphatic carbocycles. The van der Waals surface area contributed by atoms with Crippen LogP contribution in [0.2, 0.25) is 0 Å². The lowest BCUT2D eigenvalue weighted by molar-refractivity contribution is -0.138. The molecule has 0 amide bonds. The quantitative estimate of drug-likeness (QED) is 0.476. The molecule has 0 radical (unpaired) electrons. The van der Waals surface area contributed by atoms with Crippen molar-refractivity contribution in [2.24, 2.45) is 0 Å². The molecule has 3 aromatic rings. The van der Waals surface area contributed by atoms with Gasteiger partial charge in [-0.25, -0.2) is 22.8 Å². The van der Waals surface area contributed by atoms with Crippen LogP contribution in [0.3, 0.4) is 0 Å². The molecule has 12 heteroatoms. The maximum Gasteiger partial charge on any atom is 0.418 e. The number of nitrogens with zero attached hydrogens (tertiary/aromatic N) is 1. The number of alkyl halides is 3. The van der Waals surface area contributed by atoms with Gasteiger partial charge in [0.05, 0.1) is 26.5 Å². The number of nitrogens with one attached hydrogen (secondary N) is 2. The molecule has 2 heterocycles. The molecule has 0 spiro atoms. The zero-order valence-corrected chi connectivity index (χ0v) is 18.6. The minimum Gasteiger partial charge on any atom is -0.438 e. The normalized spacial score (nSPS) is 13.6. The highest BCUT2D eigenvalue weighted by atomic mass is 32.2. The van der Waals surface area contributed by atoms with E-state index in [1.165, 1.54) is 13.8 Å². The molecule has 3 rings (SSSR count). The Morgan fingerprint density at radius 1 is 1.12 bits per heavy atom. The Labute approximate surface area is 185 Å². The van der Waals surface area contributed by atoms with Gasteiger partial charge < -0.3 is 9.72 Å². The third-order valence-corrected chi connectivity index (χ3v) is 6.21. The van der Waals surface area contributed by atoms with E-state index in [4.69, 9.17) is 9.52 Å². The molecule has 0 saturated carbocycles. The first kappa shape index (κ1) is 24.4. The fraction of sp³-hybridized carbons (Fsp3) is 0.238. The monoisotopic (exact) mass is 487 g/mol. The van der Waals surface area contributed by atoms with Crippen LogP contribution in [0.15, 0.2) is 34.1 Å². The van der Waals surface area contributed by atoms with Crippen LogP contribution in [0.5, 0.6) is 11.6 Å². The van der Waals surface area contributed by atoms with Crippen molar-refractivity contribution in [1.29, 1.82) is 4.78 Å². The van der Waals surface area contributed by atoms with E-state index in [1.54, 1.807) is 0 Å². The number of aromatic nitrogens is 2.